The number of aromatic carboxylic acids is 1. The molecule has 0 aliphatic carbocycles. The Morgan fingerprint density at radius 1 is 1.26 bits per heavy atom. The van der Waals surface area contributed by atoms with Crippen LogP contribution in [0.5, 0.6) is 5.75 Å². The van der Waals surface area contributed by atoms with Crippen molar-refractivity contribution >= 4 is 29.3 Å². The van der Waals surface area contributed by atoms with E-state index in [9.17, 15) is 24.8 Å². The van der Waals surface area contributed by atoms with Crippen molar-refractivity contribution in [2.45, 2.75) is 5.37 Å². The van der Waals surface area contributed by atoms with Gasteiger partial charge in [-0.15, -0.1) is 11.8 Å². The van der Waals surface area contributed by atoms with Crippen LogP contribution in [0.3, 0.4) is 0 Å². The third kappa shape index (κ3) is 3.59. The maximum absolute atomic E-state index is 13.1. The minimum absolute atomic E-state index is 0.183. The lowest BCUT2D eigenvalue weighted by atomic mass is 10.0. The smallest absolute Gasteiger partial charge is 0.343 e. The fourth-order valence-corrected chi connectivity index (χ4v) is 4.23. The SMILES string of the molecule is COc1ccc(C2SCCN2C(=O)c2cccc([N+](=O)[O-])c2C(=O)O)cc1. The summed E-state index contributed by atoms with van der Waals surface area (Å²) in [4.78, 5) is 36.6. The van der Waals surface area contributed by atoms with E-state index in [0.717, 1.165) is 11.6 Å². The van der Waals surface area contributed by atoms with E-state index >= 15 is 0 Å². The molecular weight excluding hydrogens is 372 g/mol. The number of benzene rings is 2. The Morgan fingerprint density at radius 2 is 1.96 bits per heavy atom. The number of carboxylic acid groups (broad SMARTS) is 1. The highest BCUT2D eigenvalue weighted by atomic mass is 32.2. The van der Waals surface area contributed by atoms with E-state index in [4.69, 9.17) is 4.74 Å². The summed E-state index contributed by atoms with van der Waals surface area (Å²) in [5, 5.41) is 20.3. The Balaban J connectivity index is 1.98. The largest absolute Gasteiger partial charge is 0.497 e. The van der Waals surface area contributed by atoms with Crippen molar-refractivity contribution in [2.24, 2.45) is 0 Å². The van der Waals surface area contributed by atoms with Crippen LogP contribution in [0.25, 0.3) is 0 Å². The van der Waals surface area contributed by atoms with E-state index in [1.54, 1.807) is 31.0 Å². The number of ether oxygens (including phenoxy) is 1. The molecule has 1 N–H and O–H groups in total. The topological polar surface area (TPSA) is 110 Å². The second kappa shape index (κ2) is 7.67. The summed E-state index contributed by atoms with van der Waals surface area (Å²) in [7, 11) is 1.56. The van der Waals surface area contributed by atoms with Crippen LogP contribution in [-0.4, -0.2) is 46.2 Å². The van der Waals surface area contributed by atoms with Crippen LogP contribution in [0.1, 0.15) is 31.7 Å². The summed E-state index contributed by atoms with van der Waals surface area (Å²) in [6.07, 6.45) is 0. The maximum atomic E-state index is 13.1. The maximum Gasteiger partial charge on any atom is 0.343 e. The minimum atomic E-state index is -1.50. The lowest BCUT2D eigenvalue weighted by Gasteiger charge is -2.25. The first-order valence-corrected chi connectivity index (χ1v) is 9.06. The Hall–Kier alpha value is -3.07. The van der Waals surface area contributed by atoms with E-state index < -0.39 is 28.1 Å². The van der Waals surface area contributed by atoms with Crippen LogP contribution in [-0.2, 0) is 0 Å². The van der Waals surface area contributed by atoms with Gasteiger partial charge in [-0.2, -0.15) is 0 Å². The molecule has 1 unspecified atom stereocenters. The summed E-state index contributed by atoms with van der Waals surface area (Å²) in [5.74, 6) is -0.674. The van der Waals surface area contributed by atoms with Crippen molar-refractivity contribution in [3.05, 3.63) is 69.3 Å². The van der Waals surface area contributed by atoms with Crippen molar-refractivity contribution in [2.75, 3.05) is 19.4 Å². The highest BCUT2D eigenvalue weighted by molar-refractivity contribution is 7.99. The van der Waals surface area contributed by atoms with Gasteiger partial charge in [0.15, 0.2) is 0 Å². The molecule has 0 radical (unpaired) electrons. The average molecular weight is 388 g/mol. The monoisotopic (exact) mass is 388 g/mol. The Kier molecular flexibility index (Phi) is 5.31. The predicted molar refractivity (Wildman–Crippen MR) is 99.3 cm³/mol. The molecule has 1 aliphatic heterocycles. The highest BCUT2D eigenvalue weighted by Crippen LogP contribution is 2.40. The van der Waals surface area contributed by atoms with E-state index in [0.29, 0.717) is 18.0 Å². The number of hydrogen-bond donors (Lipinski definition) is 1. The molecule has 1 saturated heterocycles. The van der Waals surface area contributed by atoms with Gasteiger partial charge in [0.1, 0.15) is 16.7 Å². The fourth-order valence-electron chi connectivity index (χ4n) is 2.97. The van der Waals surface area contributed by atoms with Gasteiger partial charge in [0.25, 0.3) is 11.6 Å². The second-order valence-electron chi connectivity index (χ2n) is 5.76. The number of methoxy groups -OCH3 is 1. The molecule has 1 atom stereocenters. The van der Waals surface area contributed by atoms with E-state index in [1.807, 2.05) is 12.1 Å². The number of carbonyl (C=O) groups is 2. The summed E-state index contributed by atoms with van der Waals surface area (Å²) >= 11 is 1.55. The third-order valence-electron chi connectivity index (χ3n) is 4.24. The van der Waals surface area contributed by atoms with Gasteiger partial charge in [-0.25, -0.2) is 4.79 Å². The normalized spacial score (nSPS) is 16.2. The number of hydrogen-bond acceptors (Lipinski definition) is 6. The van der Waals surface area contributed by atoms with Crippen LogP contribution in [0.2, 0.25) is 0 Å². The summed E-state index contributed by atoms with van der Waals surface area (Å²) in [6.45, 7) is 0.419. The minimum Gasteiger partial charge on any atom is -0.497 e. The van der Waals surface area contributed by atoms with E-state index in [-0.39, 0.29) is 10.9 Å². The fraction of sp³-hybridized carbons (Fsp3) is 0.222. The molecule has 2 aromatic rings. The molecule has 0 saturated carbocycles. The summed E-state index contributed by atoms with van der Waals surface area (Å²) < 4.78 is 5.14. The Morgan fingerprint density at radius 3 is 2.56 bits per heavy atom. The molecule has 2 aromatic carbocycles. The highest BCUT2D eigenvalue weighted by Gasteiger charge is 2.35. The van der Waals surface area contributed by atoms with Gasteiger partial charge in [0.2, 0.25) is 0 Å². The van der Waals surface area contributed by atoms with Crippen LogP contribution < -0.4 is 4.74 Å². The van der Waals surface area contributed by atoms with Crippen molar-refractivity contribution in [3.63, 3.8) is 0 Å². The van der Waals surface area contributed by atoms with Crippen molar-refractivity contribution in [1.29, 1.82) is 0 Å². The lowest BCUT2D eigenvalue weighted by molar-refractivity contribution is -0.385. The zero-order chi connectivity index (χ0) is 19.6. The summed E-state index contributed by atoms with van der Waals surface area (Å²) in [6, 6.07) is 11.0. The molecule has 3 rings (SSSR count). The molecule has 1 aliphatic rings. The first-order chi connectivity index (χ1) is 12.9. The third-order valence-corrected chi connectivity index (χ3v) is 5.50. The Labute approximate surface area is 158 Å². The number of rotatable bonds is 5. The van der Waals surface area contributed by atoms with Gasteiger partial charge < -0.3 is 14.7 Å². The number of thioether (sulfide) groups is 1. The van der Waals surface area contributed by atoms with E-state index in [1.165, 1.54) is 17.0 Å². The number of nitro benzene ring substituents is 1. The average Bonchev–Trinajstić information content (AvgIpc) is 3.16. The van der Waals surface area contributed by atoms with Crippen LogP contribution in [0.4, 0.5) is 5.69 Å². The van der Waals surface area contributed by atoms with Gasteiger partial charge >= 0.3 is 5.97 Å². The Bertz CT molecular complexity index is 899. The van der Waals surface area contributed by atoms with Gasteiger partial charge in [-0.3, -0.25) is 14.9 Å². The van der Waals surface area contributed by atoms with Gasteiger partial charge in [-0.1, -0.05) is 18.2 Å². The van der Waals surface area contributed by atoms with Gasteiger partial charge in [0.05, 0.1) is 17.6 Å². The standard InChI is InChI=1S/C18H16N2O6S/c1-26-12-7-5-11(6-8-12)17-19(9-10-27-17)16(21)13-3-2-4-14(20(24)25)15(13)18(22)23/h2-8,17H,9-10H2,1H3,(H,22,23). The number of carboxylic acids is 1. The number of carbonyl (C=O) groups excluding carboxylic acids is 1. The lowest BCUT2D eigenvalue weighted by Crippen LogP contribution is -2.31. The molecule has 8 nitrogen and oxygen atoms in total. The number of amides is 1. The van der Waals surface area contributed by atoms with E-state index in [2.05, 4.69) is 0 Å². The molecule has 0 bridgehead atoms. The van der Waals surface area contributed by atoms with Crippen molar-refractivity contribution < 1.29 is 24.4 Å². The molecule has 140 valence electrons. The van der Waals surface area contributed by atoms with Crippen LogP contribution in [0.15, 0.2) is 42.5 Å². The number of nitrogens with zero attached hydrogens (tertiary/aromatic N) is 2. The quantitative estimate of drug-likeness (QED) is 0.619. The first kappa shape index (κ1) is 18.7. The first-order valence-electron chi connectivity index (χ1n) is 8.01. The predicted octanol–water partition coefficient (Wildman–Crippen LogP) is 3.19. The number of nitro groups is 1. The molecule has 27 heavy (non-hydrogen) atoms. The van der Waals surface area contributed by atoms with Crippen molar-refractivity contribution in [1.82, 2.24) is 4.90 Å². The molecule has 9 heteroatoms. The van der Waals surface area contributed by atoms with Crippen LogP contribution in [0, 0.1) is 10.1 Å². The molecule has 0 aromatic heterocycles. The van der Waals surface area contributed by atoms with Crippen LogP contribution >= 0.6 is 11.8 Å². The molecule has 1 heterocycles. The molecule has 1 amide bonds. The van der Waals surface area contributed by atoms with Gasteiger partial charge in [0, 0.05) is 18.4 Å². The second-order valence-corrected chi connectivity index (χ2v) is 6.94. The molecule has 1 fully saturated rings. The zero-order valence-electron chi connectivity index (χ0n) is 14.3. The zero-order valence-corrected chi connectivity index (χ0v) is 15.1. The summed E-state index contributed by atoms with van der Waals surface area (Å²) in [5.41, 5.74) is -0.495. The van der Waals surface area contributed by atoms with Crippen molar-refractivity contribution in [3.8, 4) is 5.75 Å². The van der Waals surface area contributed by atoms with Gasteiger partial charge in [-0.05, 0) is 23.8 Å². The molecular formula is C18H16N2O6S. The molecule has 0 spiro atoms.